The molecule has 1 aliphatic heterocycles. The molecule has 0 aliphatic carbocycles. The summed E-state index contributed by atoms with van der Waals surface area (Å²) in [4.78, 5) is 0. The van der Waals surface area contributed by atoms with Gasteiger partial charge in [-0.3, -0.25) is 0 Å². The first-order chi connectivity index (χ1) is 8.31. The summed E-state index contributed by atoms with van der Waals surface area (Å²) in [5.74, 6) is 3.88. The van der Waals surface area contributed by atoms with Gasteiger partial charge >= 0.3 is 0 Å². The fraction of sp³-hybridized carbons (Fsp3) is 0.571. The molecule has 1 aromatic rings. The van der Waals surface area contributed by atoms with E-state index in [-0.39, 0.29) is 0 Å². The predicted molar refractivity (Wildman–Crippen MR) is 81.2 cm³/mol. The zero-order valence-electron chi connectivity index (χ0n) is 10.6. The van der Waals surface area contributed by atoms with Crippen molar-refractivity contribution in [2.24, 2.45) is 0 Å². The molecule has 1 nitrogen and oxygen atoms in total. The highest BCUT2D eigenvalue weighted by Crippen LogP contribution is 2.33. The zero-order valence-corrected chi connectivity index (χ0v) is 12.2. The minimum atomic E-state index is 0.512. The molecule has 0 spiro atoms. The van der Waals surface area contributed by atoms with Gasteiger partial charge in [0, 0.05) is 28.6 Å². The first-order valence-electron chi connectivity index (χ1n) is 6.30. The van der Waals surface area contributed by atoms with E-state index in [1.165, 1.54) is 28.4 Å². The van der Waals surface area contributed by atoms with E-state index in [2.05, 4.69) is 67.0 Å². The van der Waals surface area contributed by atoms with E-state index in [0.29, 0.717) is 6.04 Å². The molecule has 1 saturated heterocycles. The van der Waals surface area contributed by atoms with Gasteiger partial charge in [-0.1, -0.05) is 36.8 Å². The largest absolute Gasteiger partial charge is 0.309 e. The predicted octanol–water partition coefficient (Wildman–Crippen LogP) is 3.49. The lowest BCUT2D eigenvalue weighted by Gasteiger charge is -2.30. The van der Waals surface area contributed by atoms with Crippen LogP contribution in [0.4, 0.5) is 0 Å². The maximum absolute atomic E-state index is 3.65. The molecular formula is C14H21NS2. The van der Waals surface area contributed by atoms with Gasteiger partial charge in [-0.05, 0) is 19.0 Å². The summed E-state index contributed by atoms with van der Waals surface area (Å²) in [6, 6.07) is 9.52. The van der Waals surface area contributed by atoms with Crippen molar-refractivity contribution in [3.63, 3.8) is 0 Å². The normalized spacial score (nSPS) is 22.4. The second-order valence-corrected chi connectivity index (χ2v) is 6.93. The molecule has 0 amide bonds. The smallest absolute Gasteiger partial charge is 0.0448 e. The molecule has 17 heavy (non-hydrogen) atoms. The van der Waals surface area contributed by atoms with Crippen molar-refractivity contribution in [2.45, 2.75) is 25.1 Å². The Labute approximate surface area is 113 Å². The molecule has 0 aromatic heterocycles. The number of benzene rings is 1. The van der Waals surface area contributed by atoms with Crippen LogP contribution < -0.4 is 5.32 Å². The minimum absolute atomic E-state index is 0.512. The molecule has 0 bridgehead atoms. The van der Waals surface area contributed by atoms with E-state index in [0.717, 1.165) is 11.8 Å². The minimum Gasteiger partial charge on any atom is -0.309 e. The average Bonchev–Trinajstić information content (AvgIpc) is 2.38. The summed E-state index contributed by atoms with van der Waals surface area (Å²) in [5, 5.41) is 4.37. The van der Waals surface area contributed by atoms with Crippen molar-refractivity contribution >= 4 is 23.5 Å². The Hall–Kier alpha value is -0.120. The lowest BCUT2D eigenvalue weighted by Crippen LogP contribution is -2.33. The molecule has 94 valence electrons. The third-order valence-electron chi connectivity index (χ3n) is 3.07. The molecule has 1 N–H and O–H groups in total. The topological polar surface area (TPSA) is 12.0 Å². The Morgan fingerprint density at radius 2 is 2.06 bits per heavy atom. The first-order valence-corrected chi connectivity index (χ1v) is 8.51. The van der Waals surface area contributed by atoms with Crippen molar-refractivity contribution in [2.75, 3.05) is 23.8 Å². The van der Waals surface area contributed by atoms with E-state index in [9.17, 15) is 0 Å². The van der Waals surface area contributed by atoms with Gasteiger partial charge < -0.3 is 5.32 Å². The summed E-state index contributed by atoms with van der Waals surface area (Å²) >= 11 is 4.22. The highest BCUT2D eigenvalue weighted by atomic mass is 32.2. The van der Waals surface area contributed by atoms with Crippen molar-refractivity contribution in [3.8, 4) is 0 Å². The van der Waals surface area contributed by atoms with Crippen molar-refractivity contribution in [1.82, 2.24) is 5.32 Å². The molecule has 1 aromatic carbocycles. The molecule has 2 unspecified atom stereocenters. The SMILES string of the molecule is CCNC(c1ccc(C)cc1)C1CSCCS1. The average molecular weight is 267 g/mol. The molecule has 2 atom stereocenters. The lowest BCUT2D eigenvalue weighted by molar-refractivity contribution is 0.550. The summed E-state index contributed by atoms with van der Waals surface area (Å²) in [5.41, 5.74) is 2.78. The fourth-order valence-electron chi connectivity index (χ4n) is 2.16. The highest BCUT2D eigenvalue weighted by molar-refractivity contribution is 8.06. The van der Waals surface area contributed by atoms with Crippen LogP contribution in [0.5, 0.6) is 0 Å². The van der Waals surface area contributed by atoms with Crippen molar-refractivity contribution < 1.29 is 0 Å². The summed E-state index contributed by atoms with van der Waals surface area (Å²) in [6.07, 6.45) is 0. The Bertz CT molecular complexity index is 331. The molecule has 1 heterocycles. The van der Waals surface area contributed by atoms with E-state index < -0.39 is 0 Å². The first kappa shape index (κ1) is 13.3. The van der Waals surface area contributed by atoms with Gasteiger partial charge in [0.1, 0.15) is 0 Å². The molecule has 2 rings (SSSR count). The van der Waals surface area contributed by atoms with Gasteiger partial charge in [0.05, 0.1) is 0 Å². The quantitative estimate of drug-likeness (QED) is 0.897. The Balaban J connectivity index is 2.12. The van der Waals surface area contributed by atoms with E-state index in [1.54, 1.807) is 0 Å². The summed E-state index contributed by atoms with van der Waals surface area (Å²) in [7, 11) is 0. The molecular weight excluding hydrogens is 246 g/mol. The van der Waals surface area contributed by atoms with Crippen LogP contribution in [-0.4, -0.2) is 29.1 Å². The van der Waals surface area contributed by atoms with Crippen molar-refractivity contribution in [3.05, 3.63) is 35.4 Å². The monoisotopic (exact) mass is 267 g/mol. The van der Waals surface area contributed by atoms with Crippen LogP contribution in [0, 0.1) is 6.92 Å². The summed E-state index contributed by atoms with van der Waals surface area (Å²) < 4.78 is 0. The van der Waals surface area contributed by atoms with Crippen LogP contribution >= 0.6 is 23.5 Å². The van der Waals surface area contributed by atoms with Gasteiger partial charge in [-0.15, -0.1) is 0 Å². The van der Waals surface area contributed by atoms with Gasteiger partial charge in [-0.2, -0.15) is 23.5 Å². The molecule has 1 fully saturated rings. The Morgan fingerprint density at radius 3 is 2.65 bits per heavy atom. The standard InChI is InChI=1S/C14H21NS2/c1-3-15-14(13-10-16-8-9-17-13)12-6-4-11(2)5-7-12/h4-7,13-15H,3,8-10H2,1-2H3. The van der Waals surface area contributed by atoms with Crippen LogP contribution in [0.2, 0.25) is 0 Å². The number of rotatable bonds is 4. The van der Waals surface area contributed by atoms with Crippen LogP contribution in [0.1, 0.15) is 24.1 Å². The van der Waals surface area contributed by atoms with Gasteiger partial charge in [0.15, 0.2) is 0 Å². The van der Waals surface area contributed by atoms with Crippen LogP contribution in [-0.2, 0) is 0 Å². The number of aryl methyl sites for hydroxylation is 1. The van der Waals surface area contributed by atoms with Crippen molar-refractivity contribution in [1.29, 1.82) is 0 Å². The van der Waals surface area contributed by atoms with Crippen LogP contribution in [0.25, 0.3) is 0 Å². The van der Waals surface area contributed by atoms with Crippen LogP contribution in [0.15, 0.2) is 24.3 Å². The molecule has 0 radical (unpaired) electrons. The molecule has 0 saturated carbocycles. The summed E-state index contributed by atoms with van der Waals surface area (Å²) in [6.45, 7) is 5.39. The third kappa shape index (κ3) is 3.67. The number of thioether (sulfide) groups is 2. The fourth-order valence-corrected chi connectivity index (χ4v) is 5.03. The zero-order chi connectivity index (χ0) is 12.1. The maximum atomic E-state index is 3.65. The second-order valence-electron chi connectivity index (χ2n) is 4.43. The maximum Gasteiger partial charge on any atom is 0.0448 e. The Kier molecular flexibility index (Phi) is 5.26. The van der Waals surface area contributed by atoms with Crippen LogP contribution in [0.3, 0.4) is 0 Å². The Morgan fingerprint density at radius 1 is 1.29 bits per heavy atom. The molecule has 1 aliphatic rings. The van der Waals surface area contributed by atoms with Gasteiger partial charge in [0.2, 0.25) is 0 Å². The second kappa shape index (κ2) is 6.72. The number of hydrogen-bond donors (Lipinski definition) is 1. The third-order valence-corrected chi connectivity index (χ3v) is 5.94. The molecule has 3 heteroatoms. The number of hydrogen-bond acceptors (Lipinski definition) is 3. The highest BCUT2D eigenvalue weighted by Gasteiger charge is 2.25. The van der Waals surface area contributed by atoms with E-state index >= 15 is 0 Å². The van der Waals surface area contributed by atoms with E-state index in [4.69, 9.17) is 0 Å². The lowest BCUT2D eigenvalue weighted by atomic mass is 10.0. The van der Waals surface area contributed by atoms with Gasteiger partial charge in [-0.25, -0.2) is 0 Å². The van der Waals surface area contributed by atoms with Gasteiger partial charge in [0.25, 0.3) is 0 Å². The van der Waals surface area contributed by atoms with E-state index in [1.807, 2.05) is 0 Å². The number of nitrogens with one attached hydrogen (secondary N) is 1.